The van der Waals surface area contributed by atoms with Crippen LogP contribution in [0.2, 0.25) is 0 Å². The summed E-state index contributed by atoms with van der Waals surface area (Å²) in [5, 5.41) is 20.2. The zero-order valence-corrected chi connectivity index (χ0v) is 11.8. The summed E-state index contributed by atoms with van der Waals surface area (Å²) in [6, 6.07) is 3.65. The van der Waals surface area contributed by atoms with Gasteiger partial charge in [-0.1, -0.05) is 6.92 Å². The summed E-state index contributed by atoms with van der Waals surface area (Å²) in [5.74, 6) is -0.358. The molecular weight excluding hydrogens is 314 g/mol. The molecule has 1 unspecified atom stereocenters. The summed E-state index contributed by atoms with van der Waals surface area (Å²) >= 11 is 3.31. The van der Waals surface area contributed by atoms with Gasteiger partial charge in [-0.15, -0.1) is 5.10 Å². The Morgan fingerprint density at radius 1 is 1.53 bits per heavy atom. The fourth-order valence-electron chi connectivity index (χ4n) is 1.68. The van der Waals surface area contributed by atoms with Crippen molar-refractivity contribution in [2.24, 2.45) is 5.92 Å². The smallest absolute Gasteiger partial charge is 0.303 e. The van der Waals surface area contributed by atoms with E-state index in [0.717, 1.165) is 4.47 Å². The lowest BCUT2D eigenvalue weighted by Crippen LogP contribution is -2.14. The lowest BCUT2D eigenvalue weighted by molar-refractivity contribution is -0.138. The van der Waals surface area contributed by atoms with Crippen LogP contribution in [0.25, 0.3) is 11.5 Å². The fourth-order valence-corrected chi connectivity index (χ4v) is 1.91. The lowest BCUT2D eigenvalue weighted by Gasteiger charge is -2.09. The molecule has 0 bridgehead atoms. The lowest BCUT2D eigenvalue weighted by atomic mass is 10.1. The van der Waals surface area contributed by atoms with E-state index in [0.29, 0.717) is 18.1 Å². The molecule has 0 saturated carbocycles. The van der Waals surface area contributed by atoms with Crippen molar-refractivity contribution in [1.82, 2.24) is 25.2 Å². The van der Waals surface area contributed by atoms with E-state index in [-0.39, 0.29) is 12.3 Å². The first-order valence-corrected chi connectivity index (χ1v) is 6.45. The van der Waals surface area contributed by atoms with Crippen LogP contribution in [0.15, 0.2) is 22.8 Å². The van der Waals surface area contributed by atoms with Crippen LogP contribution in [0.3, 0.4) is 0 Å². The number of aromatic nitrogens is 5. The molecule has 19 heavy (non-hydrogen) atoms. The number of hydrogen-bond acceptors (Lipinski definition) is 5. The molecule has 2 aromatic rings. The van der Waals surface area contributed by atoms with Crippen LogP contribution in [-0.4, -0.2) is 36.3 Å². The van der Waals surface area contributed by atoms with Crippen molar-refractivity contribution in [3.63, 3.8) is 0 Å². The summed E-state index contributed by atoms with van der Waals surface area (Å²) in [6.45, 7) is 2.28. The number of pyridine rings is 1. The molecule has 1 atom stereocenters. The molecule has 7 nitrogen and oxygen atoms in total. The second kappa shape index (κ2) is 5.87. The molecule has 100 valence electrons. The van der Waals surface area contributed by atoms with Gasteiger partial charge in [-0.05, 0) is 44.4 Å². The third-order valence-corrected chi connectivity index (χ3v) is 2.97. The van der Waals surface area contributed by atoms with Crippen molar-refractivity contribution in [3.05, 3.63) is 22.8 Å². The Labute approximate surface area is 117 Å². The summed E-state index contributed by atoms with van der Waals surface area (Å²) < 4.78 is 2.44. The average Bonchev–Trinajstić information content (AvgIpc) is 2.77. The fraction of sp³-hybridized carbons (Fsp3) is 0.364. The molecule has 0 aliphatic carbocycles. The zero-order chi connectivity index (χ0) is 13.8. The highest BCUT2D eigenvalue weighted by Crippen LogP contribution is 2.17. The second-order valence-corrected chi connectivity index (χ2v) is 5.16. The van der Waals surface area contributed by atoms with Crippen molar-refractivity contribution in [3.8, 4) is 11.5 Å². The zero-order valence-electron chi connectivity index (χ0n) is 10.2. The first-order chi connectivity index (χ1) is 9.06. The van der Waals surface area contributed by atoms with Gasteiger partial charge in [0.25, 0.3) is 0 Å². The van der Waals surface area contributed by atoms with Crippen LogP contribution in [0.4, 0.5) is 0 Å². The molecular formula is C11H12BrN5O2. The van der Waals surface area contributed by atoms with E-state index in [2.05, 4.69) is 36.4 Å². The molecule has 2 aromatic heterocycles. The maximum Gasteiger partial charge on any atom is 0.303 e. The van der Waals surface area contributed by atoms with Crippen molar-refractivity contribution in [2.75, 3.05) is 0 Å². The van der Waals surface area contributed by atoms with E-state index in [9.17, 15) is 4.79 Å². The van der Waals surface area contributed by atoms with Gasteiger partial charge in [-0.2, -0.15) is 0 Å². The Bertz CT molecular complexity index is 569. The van der Waals surface area contributed by atoms with E-state index < -0.39 is 5.97 Å². The Kier molecular flexibility index (Phi) is 4.20. The second-order valence-electron chi connectivity index (χ2n) is 4.25. The van der Waals surface area contributed by atoms with Gasteiger partial charge in [0.15, 0.2) is 0 Å². The topological polar surface area (TPSA) is 93.8 Å². The quantitative estimate of drug-likeness (QED) is 0.897. The number of carboxylic acids is 1. The SMILES string of the molecule is CC(CC(=O)O)Cn1nnnc1-c1ccc(Br)cn1. The molecule has 2 rings (SSSR count). The van der Waals surface area contributed by atoms with E-state index >= 15 is 0 Å². The van der Waals surface area contributed by atoms with Gasteiger partial charge < -0.3 is 5.11 Å². The maximum absolute atomic E-state index is 10.7. The molecule has 0 aliphatic heterocycles. The van der Waals surface area contributed by atoms with Gasteiger partial charge in [-0.25, -0.2) is 4.68 Å². The summed E-state index contributed by atoms with van der Waals surface area (Å²) in [4.78, 5) is 14.9. The molecule has 2 heterocycles. The number of halogens is 1. The summed E-state index contributed by atoms with van der Waals surface area (Å²) in [7, 11) is 0. The molecule has 0 amide bonds. The van der Waals surface area contributed by atoms with Gasteiger partial charge in [0.05, 0.1) is 0 Å². The number of nitrogens with zero attached hydrogens (tertiary/aromatic N) is 5. The molecule has 0 aliphatic rings. The number of aliphatic carboxylic acids is 1. The molecule has 8 heteroatoms. The highest BCUT2D eigenvalue weighted by molar-refractivity contribution is 9.10. The van der Waals surface area contributed by atoms with E-state index in [1.807, 2.05) is 13.0 Å². The molecule has 0 aromatic carbocycles. The molecule has 0 saturated heterocycles. The van der Waals surface area contributed by atoms with Crippen molar-refractivity contribution >= 4 is 21.9 Å². The minimum atomic E-state index is -0.830. The molecule has 1 N–H and O–H groups in total. The monoisotopic (exact) mass is 325 g/mol. The third-order valence-electron chi connectivity index (χ3n) is 2.50. The van der Waals surface area contributed by atoms with Crippen LogP contribution in [0.5, 0.6) is 0 Å². The Hall–Kier alpha value is -1.83. The van der Waals surface area contributed by atoms with Crippen LogP contribution in [-0.2, 0) is 11.3 Å². The Morgan fingerprint density at radius 3 is 2.95 bits per heavy atom. The average molecular weight is 326 g/mol. The van der Waals surface area contributed by atoms with Gasteiger partial charge >= 0.3 is 5.97 Å². The first kappa shape index (κ1) is 13.6. The normalized spacial score (nSPS) is 12.3. The third kappa shape index (κ3) is 3.57. The van der Waals surface area contributed by atoms with Crippen molar-refractivity contribution < 1.29 is 9.90 Å². The van der Waals surface area contributed by atoms with E-state index in [4.69, 9.17) is 5.11 Å². The van der Waals surface area contributed by atoms with Crippen LogP contribution in [0, 0.1) is 5.92 Å². The maximum atomic E-state index is 10.7. The highest BCUT2D eigenvalue weighted by Gasteiger charge is 2.14. The number of tetrazole rings is 1. The van der Waals surface area contributed by atoms with Gasteiger partial charge in [-0.3, -0.25) is 9.78 Å². The van der Waals surface area contributed by atoms with E-state index in [1.54, 1.807) is 16.9 Å². The van der Waals surface area contributed by atoms with Crippen molar-refractivity contribution in [2.45, 2.75) is 19.9 Å². The minimum Gasteiger partial charge on any atom is -0.481 e. The summed E-state index contributed by atoms with van der Waals surface area (Å²) in [6.07, 6.45) is 1.74. The van der Waals surface area contributed by atoms with Gasteiger partial charge in [0, 0.05) is 23.6 Å². The first-order valence-electron chi connectivity index (χ1n) is 5.66. The molecule has 0 spiro atoms. The summed E-state index contributed by atoms with van der Waals surface area (Å²) in [5.41, 5.74) is 0.649. The minimum absolute atomic E-state index is 0.0600. The molecule has 0 fully saturated rings. The Balaban J connectivity index is 2.18. The van der Waals surface area contributed by atoms with Crippen molar-refractivity contribution in [1.29, 1.82) is 0 Å². The standard InChI is InChI=1S/C11H12BrN5O2/c1-7(4-10(18)19)6-17-11(14-15-16-17)9-3-2-8(12)5-13-9/h2-3,5,7H,4,6H2,1H3,(H,18,19). The van der Waals surface area contributed by atoms with Gasteiger partial charge in [0.2, 0.25) is 5.82 Å². The van der Waals surface area contributed by atoms with Crippen LogP contribution >= 0.6 is 15.9 Å². The highest BCUT2D eigenvalue weighted by atomic mass is 79.9. The van der Waals surface area contributed by atoms with Crippen LogP contribution in [0.1, 0.15) is 13.3 Å². The van der Waals surface area contributed by atoms with Crippen LogP contribution < -0.4 is 0 Å². The molecule has 0 radical (unpaired) electrons. The van der Waals surface area contributed by atoms with Gasteiger partial charge in [0.1, 0.15) is 5.69 Å². The predicted octanol–water partition coefficient (Wildman–Crippen LogP) is 1.61. The number of hydrogen-bond donors (Lipinski definition) is 1. The largest absolute Gasteiger partial charge is 0.481 e. The predicted molar refractivity (Wildman–Crippen MR) is 70.2 cm³/mol. The Morgan fingerprint density at radius 2 is 2.32 bits per heavy atom. The number of carboxylic acid groups (broad SMARTS) is 1. The number of rotatable bonds is 5. The number of carbonyl (C=O) groups is 1. The van der Waals surface area contributed by atoms with E-state index in [1.165, 1.54) is 0 Å².